The maximum atomic E-state index is 12.3. The number of rotatable bonds is 7. The number of hydrogen-bond acceptors (Lipinski definition) is 4. The first-order valence-electron chi connectivity index (χ1n) is 7.88. The van der Waals surface area contributed by atoms with Gasteiger partial charge in [0.05, 0.1) is 17.9 Å². The van der Waals surface area contributed by atoms with Crippen LogP contribution in [0.1, 0.15) is 37.6 Å². The predicted molar refractivity (Wildman–Crippen MR) is 93.2 cm³/mol. The molecule has 0 saturated heterocycles. The minimum absolute atomic E-state index is 0.186. The maximum Gasteiger partial charge on any atom is 0.257 e. The van der Waals surface area contributed by atoms with Crippen molar-refractivity contribution in [3.63, 3.8) is 0 Å². The number of anilines is 2. The Morgan fingerprint density at radius 3 is 2.57 bits per heavy atom. The van der Waals surface area contributed by atoms with Gasteiger partial charge in [-0.25, -0.2) is 0 Å². The monoisotopic (exact) mass is 313 g/mol. The van der Waals surface area contributed by atoms with Gasteiger partial charge in [0.15, 0.2) is 0 Å². The van der Waals surface area contributed by atoms with Gasteiger partial charge in [0.2, 0.25) is 0 Å². The van der Waals surface area contributed by atoms with Gasteiger partial charge in [-0.2, -0.15) is 0 Å². The molecule has 0 fully saturated rings. The van der Waals surface area contributed by atoms with Crippen LogP contribution in [0.5, 0.6) is 5.75 Å². The molecule has 1 amide bonds. The lowest BCUT2D eigenvalue weighted by atomic mass is 10.2. The summed E-state index contributed by atoms with van der Waals surface area (Å²) in [6.07, 6.45) is 4.29. The second-order valence-electron chi connectivity index (χ2n) is 5.33. The Morgan fingerprint density at radius 1 is 1.17 bits per heavy atom. The van der Waals surface area contributed by atoms with Crippen molar-refractivity contribution in [2.24, 2.45) is 0 Å². The standard InChI is InChI=1S/C18H23N3O2/c1-4-13(3)20-16-10-14(11-19-12-16)18(22)21-15-6-8-17(9-7-15)23-5-2/h6-13,20H,4-5H2,1-3H3,(H,21,22). The summed E-state index contributed by atoms with van der Waals surface area (Å²) < 4.78 is 5.38. The molecule has 122 valence electrons. The number of benzene rings is 1. The summed E-state index contributed by atoms with van der Waals surface area (Å²) in [5.74, 6) is 0.598. The van der Waals surface area contributed by atoms with Crippen molar-refractivity contribution >= 4 is 17.3 Å². The number of ether oxygens (including phenoxy) is 1. The minimum Gasteiger partial charge on any atom is -0.494 e. The van der Waals surface area contributed by atoms with E-state index < -0.39 is 0 Å². The number of hydrogen-bond donors (Lipinski definition) is 2. The SMILES string of the molecule is CCOc1ccc(NC(=O)c2cncc(NC(C)CC)c2)cc1. The van der Waals surface area contributed by atoms with Crippen molar-refractivity contribution < 1.29 is 9.53 Å². The van der Waals surface area contributed by atoms with Gasteiger partial charge < -0.3 is 15.4 Å². The van der Waals surface area contributed by atoms with Gasteiger partial charge in [0.1, 0.15) is 5.75 Å². The summed E-state index contributed by atoms with van der Waals surface area (Å²) in [4.78, 5) is 16.5. The number of pyridine rings is 1. The largest absolute Gasteiger partial charge is 0.494 e. The molecule has 1 unspecified atom stereocenters. The second-order valence-corrected chi connectivity index (χ2v) is 5.33. The van der Waals surface area contributed by atoms with Crippen LogP contribution in [-0.2, 0) is 0 Å². The van der Waals surface area contributed by atoms with Gasteiger partial charge >= 0.3 is 0 Å². The number of carbonyl (C=O) groups is 1. The van der Waals surface area contributed by atoms with Crippen molar-refractivity contribution in [2.75, 3.05) is 17.2 Å². The second kappa shape index (κ2) is 8.17. The quantitative estimate of drug-likeness (QED) is 0.812. The van der Waals surface area contributed by atoms with Crippen LogP contribution < -0.4 is 15.4 Å². The van der Waals surface area contributed by atoms with Crippen LogP contribution in [-0.4, -0.2) is 23.5 Å². The van der Waals surface area contributed by atoms with E-state index in [-0.39, 0.29) is 5.91 Å². The first-order valence-corrected chi connectivity index (χ1v) is 7.88. The number of nitrogens with one attached hydrogen (secondary N) is 2. The maximum absolute atomic E-state index is 12.3. The molecule has 1 atom stereocenters. The molecule has 0 aliphatic rings. The molecule has 0 aliphatic carbocycles. The Labute approximate surface area is 137 Å². The molecule has 0 radical (unpaired) electrons. The normalized spacial score (nSPS) is 11.6. The average molecular weight is 313 g/mol. The van der Waals surface area contributed by atoms with Crippen LogP contribution in [0, 0.1) is 0 Å². The molecule has 2 rings (SSSR count). The van der Waals surface area contributed by atoms with Crippen LogP contribution in [0.3, 0.4) is 0 Å². The third-order valence-corrected chi connectivity index (χ3v) is 3.45. The zero-order chi connectivity index (χ0) is 16.7. The highest BCUT2D eigenvalue weighted by molar-refractivity contribution is 6.04. The number of carbonyl (C=O) groups excluding carboxylic acids is 1. The third kappa shape index (κ3) is 4.98. The lowest BCUT2D eigenvalue weighted by Crippen LogP contribution is -2.16. The predicted octanol–water partition coefficient (Wildman–Crippen LogP) is 3.94. The number of amides is 1. The van der Waals surface area contributed by atoms with E-state index in [1.54, 1.807) is 12.4 Å². The Balaban J connectivity index is 2.03. The molecule has 0 spiro atoms. The van der Waals surface area contributed by atoms with Gasteiger partial charge in [-0.05, 0) is 50.6 Å². The Bertz CT molecular complexity index is 641. The highest BCUT2D eigenvalue weighted by Gasteiger charge is 2.08. The molecule has 5 heteroatoms. The highest BCUT2D eigenvalue weighted by atomic mass is 16.5. The fraction of sp³-hybridized carbons (Fsp3) is 0.333. The van der Waals surface area contributed by atoms with Crippen LogP contribution >= 0.6 is 0 Å². The van der Waals surface area contributed by atoms with Gasteiger partial charge in [0, 0.05) is 24.1 Å². The first-order chi connectivity index (χ1) is 11.1. The average Bonchev–Trinajstić information content (AvgIpc) is 2.57. The summed E-state index contributed by atoms with van der Waals surface area (Å²) in [6.45, 7) is 6.75. The van der Waals surface area contributed by atoms with Crippen LogP contribution in [0.4, 0.5) is 11.4 Å². The molecule has 1 aromatic carbocycles. The van der Waals surface area contributed by atoms with Crippen molar-refractivity contribution in [1.29, 1.82) is 0 Å². The molecule has 2 aromatic rings. The lowest BCUT2D eigenvalue weighted by Gasteiger charge is -2.13. The van der Waals surface area contributed by atoms with Crippen molar-refractivity contribution in [3.05, 3.63) is 48.3 Å². The molecular formula is C18H23N3O2. The van der Waals surface area contributed by atoms with E-state index in [9.17, 15) is 4.79 Å². The van der Waals surface area contributed by atoms with Gasteiger partial charge in [-0.1, -0.05) is 6.92 Å². The van der Waals surface area contributed by atoms with Gasteiger partial charge in [0.25, 0.3) is 5.91 Å². The summed E-state index contributed by atoms with van der Waals surface area (Å²) >= 11 is 0. The highest BCUT2D eigenvalue weighted by Crippen LogP contribution is 2.17. The van der Waals surface area contributed by atoms with Crippen LogP contribution in [0.15, 0.2) is 42.7 Å². The fourth-order valence-electron chi connectivity index (χ4n) is 2.03. The summed E-state index contributed by atoms with van der Waals surface area (Å²) in [7, 11) is 0. The molecule has 23 heavy (non-hydrogen) atoms. The Hall–Kier alpha value is -2.56. The molecule has 5 nitrogen and oxygen atoms in total. The summed E-state index contributed by atoms with van der Waals surface area (Å²) in [6, 6.07) is 9.44. The first kappa shape index (κ1) is 16.8. The van der Waals surface area contributed by atoms with Gasteiger partial charge in [-0.15, -0.1) is 0 Å². The van der Waals surface area contributed by atoms with E-state index in [1.807, 2.05) is 37.3 Å². The van der Waals surface area contributed by atoms with E-state index in [1.165, 1.54) is 0 Å². The van der Waals surface area contributed by atoms with E-state index in [0.717, 1.165) is 23.5 Å². The summed E-state index contributed by atoms with van der Waals surface area (Å²) in [5.41, 5.74) is 2.09. The molecule has 0 saturated carbocycles. The number of nitrogens with zero attached hydrogens (tertiary/aromatic N) is 1. The third-order valence-electron chi connectivity index (χ3n) is 3.45. The van der Waals surface area contributed by atoms with Crippen molar-refractivity contribution in [2.45, 2.75) is 33.2 Å². The summed E-state index contributed by atoms with van der Waals surface area (Å²) in [5, 5.41) is 6.17. The lowest BCUT2D eigenvalue weighted by molar-refractivity contribution is 0.102. The molecule has 0 bridgehead atoms. The fourth-order valence-corrected chi connectivity index (χ4v) is 2.03. The molecule has 0 aliphatic heterocycles. The Morgan fingerprint density at radius 2 is 1.91 bits per heavy atom. The molecule has 1 aromatic heterocycles. The van der Waals surface area contributed by atoms with E-state index >= 15 is 0 Å². The van der Waals surface area contributed by atoms with Crippen LogP contribution in [0.25, 0.3) is 0 Å². The van der Waals surface area contributed by atoms with Gasteiger partial charge in [-0.3, -0.25) is 9.78 Å². The topological polar surface area (TPSA) is 63.2 Å². The Kier molecular flexibility index (Phi) is 5.97. The van der Waals surface area contributed by atoms with E-state index in [2.05, 4.69) is 29.5 Å². The van der Waals surface area contributed by atoms with Crippen molar-refractivity contribution in [1.82, 2.24) is 4.98 Å². The number of aromatic nitrogens is 1. The zero-order valence-corrected chi connectivity index (χ0v) is 13.8. The smallest absolute Gasteiger partial charge is 0.257 e. The molecule has 2 N–H and O–H groups in total. The zero-order valence-electron chi connectivity index (χ0n) is 13.8. The van der Waals surface area contributed by atoms with E-state index in [4.69, 9.17) is 4.74 Å². The molecule has 1 heterocycles. The van der Waals surface area contributed by atoms with E-state index in [0.29, 0.717) is 18.2 Å². The van der Waals surface area contributed by atoms with Crippen LogP contribution in [0.2, 0.25) is 0 Å². The minimum atomic E-state index is -0.186. The van der Waals surface area contributed by atoms with Crippen molar-refractivity contribution in [3.8, 4) is 5.75 Å². The molecular weight excluding hydrogens is 290 g/mol.